The Morgan fingerprint density at radius 2 is 1.75 bits per heavy atom. The first kappa shape index (κ1) is 21.2. The number of H-pyrrole nitrogens is 1. The maximum Gasteiger partial charge on any atom is 0.319 e. The molecule has 3 N–H and O–H groups in total. The summed E-state index contributed by atoms with van der Waals surface area (Å²) in [5.41, 5.74) is 3.51. The molecule has 0 aliphatic heterocycles. The number of hydrogen-bond donors (Lipinski definition) is 3. The molecule has 3 aromatic carbocycles. The highest BCUT2D eigenvalue weighted by Gasteiger charge is 2.19. The molecule has 0 aliphatic carbocycles. The topological polar surface area (TPSA) is 75.4 Å². The number of aromatic nitrogens is 1. The van der Waals surface area contributed by atoms with Crippen LogP contribution in [0.2, 0.25) is 0 Å². The molecule has 0 bridgehead atoms. The summed E-state index contributed by atoms with van der Waals surface area (Å²) in [5, 5.41) is 6.81. The number of methoxy groups -OCH3 is 2. The summed E-state index contributed by atoms with van der Waals surface area (Å²) in [7, 11) is 3.09. The molecule has 0 saturated carbocycles. The number of anilines is 1. The van der Waals surface area contributed by atoms with Crippen LogP contribution in [0.15, 0.2) is 72.9 Å². The van der Waals surface area contributed by atoms with Gasteiger partial charge in [0.25, 0.3) is 0 Å². The highest BCUT2D eigenvalue weighted by atomic mass is 19.1. The summed E-state index contributed by atoms with van der Waals surface area (Å²) in [4.78, 5) is 15.9. The summed E-state index contributed by atoms with van der Waals surface area (Å²) in [6.45, 7) is 0.326. The van der Waals surface area contributed by atoms with Gasteiger partial charge >= 0.3 is 6.03 Å². The van der Waals surface area contributed by atoms with Gasteiger partial charge in [-0.05, 0) is 41.5 Å². The maximum atomic E-state index is 13.5. The molecule has 0 saturated heterocycles. The molecular weight excluding hydrogens is 409 g/mol. The zero-order chi connectivity index (χ0) is 22.5. The highest BCUT2D eigenvalue weighted by Crippen LogP contribution is 2.31. The molecule has 4 rings (SSSR count). The number of carbonyl (C=O) groups is 1. The summed E-state index contributed by atoms with van der Waals surface area (Å²) in [5.74, 6) is 0.635. The van der Waals surface area contributed by atoms with Crippen LogP contribution < -0.4 is 20.1 Å². The second kappa shape index (κ2) is 9.43. The molecule has 1 atom stereocenters. The molecule has 0 radical (unpaired) electrons. The number of benzene rings is 3. The molecule has 1 unspecified atom stereocenters. The average Bonchev–Trinajstić information content (AvgIpc) is 3.24. The number of aromatic amines is 1. The van der Waals surface area contributed by atoms with Gasteiger partial charge in [0.1, 0.15) is 5.82 Å². The van der Waals surface area contributed by atoms with E-state index in [0.29, 0.717) is 23.7 Å². The number of carbonyl (C=O) groups excluding carboxylic acids is 1. The van der Waals surface area contributed by atoms with Crippen LogP contribution >= 0.6 is 0 Å². The first-order valence-electron chi connectivity index (χ1n) is 10.2. The lowest BCUT2D eigenvalue weighted by Gasteiger charge is -2.19. The fourth-order valence-corrected chi connectivity index (χ4v) is 3.77. The molecule has 6 nitrogen and oxygen atoms in total. The third-order valence-electron chi connectivity index (χ3n) is 5.38. The minimum atomic E-state index is -0.357. The van der Waals surface area contributed by atoms with Gasteiger partial charge in [-0.15, -0.1) is 0 Å². The lowest BCUT2D eigenvalue weighted by molar-refractivity contribution is 0.252. The lowest BCUT2D eigenvalue weighted by atomic mass is 9.91. The van der Waals surface area contributed by atoms with Gasteiger partial charge in [0.05, 0.1) is 14.2 Å². The van der Waals surface area contributed by atoms with Gasteiger partial charge in [-0.3, -0.25) is 0 Å². The summed E-state index contributed by atoms with van der Waals surface area (Å²) in [6.07, 6.45) is 1.94. The molecule has 2 amide bonds. The number of hydrogen-bond acceptors (Lipinski definition) is 3. The molecule has 164 valence electrons. The largest absolute Gasteiger partial charge is 0.493 e. The van der Waals surface area contributed by atoms with Crippen LogP contribution in [0.4, 0.5) is 14.9 Å². The quantitative estimate of drug-likeness (QED) is 0.371. The second-order valence-electron chi connectivity index (χ2n) is 7.30. The summed E-state index contributed by atoms with van der Waals surface area (Å²) >= 11 is 0. The van der Waals surface area contributed by atoms with Crippen LogP contribution in [-0.4, -0.2) is 31.8 Å². The van der Waals surface area contributed by atoms with Crippen LogP contribution in [0.3, 0.4) is 0 Å². The van der Waals surface area contributed by atoms with Crippen molar-refractivity contribution in [1.29, 1.82) is 0 Å². The Morgan fingerprint density at radius 1 is 1.00 bits per heavy atom. The van der Waals surface area contributed by atoms with E-state index >= 15 is 0 Å². The monoisotopic (exact) mass is 433 g/mol. The van der Waals surface area contributed by atoms with E-state index in [2.05, 4.69) is 15.6 Å². The van der Waals surface area contributed by atoms with Crippen molar-refractivity contribution in [1.82, 2.24) is 10.3 Å². The van der Waals surface area contributed by atoms with Gasteiger partial charge in [0.15, 0.2) is 11.5 Å². The zero-order valence-corrected chi connectivity index (χ0v) is 17.8. The second-order valence-corrected chi connectivity index (χ2v) is 7.30. The van der Waals surface area contributed by atoms with Crippen molar-refractivity contribution in [3.05, 3.63) is 89.9 Å². The Balaban J connectivity index is 1.54. The summed E-state index contributed by atoms with van der Waals surface area (Å²) in [6, 6.07) is 19.1. The molecule has 0 fully saturated rings. The third-order valence-corrected chi connectivity index (χ3v) is 5.38. The smallest absolute Gasteiger partial charge is 0.319 e. The fourth-order valence-electron chi connectivity index (χ4n) is 3.77. The standard InChI is InChI=1S/C25H24FN3O3/c1-31-23-12-11-18(13-24(23)32-2)29-25(30)28-14-20(16-7-9-17(26)10-8-16)21-15-27-22-6-4-3-5-19(21)22/h3-13,15,20,27H,14H2,1-2H3,(H2,28,29,30). The average molecular weight is 433 g/mol. The molecule has 1 heterocycles. The molecule has 1 aromatic heterocycles. The van der Waals surface area contributed by atoms with Crippen molar-refractivity contribution in [2.45, 2.75) is 5.92 Å². The molecule has 7 heteroatoms. The van der Waals surface area contributed by atoms with Crippen LogP contribution in [0, 0.1) is 5.82 Å². The lowest BCUT2D eigenvalue weighted by Crippen LogP contribution is -2.32. The predicted molar refractivity (Wildman–Crippen MR) is 123 cm³/mol. The van der Waals surface area contributed by atoms with Crippen molar-refractivity contribution < 1.29 is 18.7 Å². The van der Waals surface area contributed by atoms with Crippen molar-refractivity contribution in [3.8, 4) is 11.5 Å². The number of halogens is 1. The minimum Gasteiger partial charge on any atom is -0.493 e. The van der Waals surface area contributed by atoms with Gasteiger partial charge in [0, 0.05) is 41.3 Å². The van der Waals surface area contributed by atoms with Crippen molar-refractivity contribution in [3.63, 3.8) is 0 Å². The van der Waals surface area contributed by atoms with Crippen molar-refractivity contribution >= 4 is 22.6 Å². The highest BCUT2D eigenvalue weighted by molar-refractivity contribution is 5.90. The van der Waals surface area contributed by atoms with Crippen LogP contribution in [-0.2, 0) is 0 Å². The van der Waals surface area contributed by atoms with Crippen molar-refractivity contribution in [2.75, 3.05) is 26.1 Å². The van der Waals surface area contributed by atoms with Crippen LogP contribution in [0.25, 0.3) is 10.9 Å². The summed E-state index contributed by atoms with van der Waals surface area (Å²) < 4.78 is 24.0. The SMILES string of the molecule is COc1ccc(NC(=O)NCC(c2ccc(F)cc2)c2c[nH]c3ccccc23)cc1OC. The van der Waals surface area contributed by atoms with E-state index in [9.17, 15) is 9.18 Å². The number of rotatable bonds is 7. The van der Waals surface area contributed by atoms with Crippen LogP contribution in [0.1, 0.15) is 17.0 Å². The van der Waals surface area contributed by atoms with Crippen LogP contribution in [0.5, 0.6) is 11.5 Å². The molecule has 0 aliphatic rings. The number of para-hydroxylation sites is 1. The van der Waals surface area contributed by atoms with E-state index < -0.39 is 0 Å². The normalized spacial score (nSPS) is 11.7. The third kappa shape index (κ3) is 4.51. The molecular formula is C25H24FN3O3. The number of nitrogens with one attached hydrogen (secondary N) is 3. The van der Waals surface area contributed by atoms with Gasteiger partial charge < -0.3 is 25.1 Å². The van der Waals surface area contributed by atoms with Gasteiger partial charge in [-0.1, -0.05) is 30.3 Å². The van der Waals surface area contributed by atoms with E-state index in [-0.39, 0.29) is 17.8 Å². The Hall–Kier alpha value is -4.00. The minimum absolute atomic E-state index is 0.164. The van der Waals surface area contributed by atoms with Gasteiger partial charge in [-0.2, -0.15) is 0 Å². The number of amides is 2. The Bertz CT molecular complexity index is 1220. The maximum absolute atomic E-state index is 13.5. The molecule has 32 heavy (non-hydrogen) atoms. The fraction of sp³-hybridized carbons (Fsp3) is 0.160. The van der Waals surface area contributed by atoms with Gasteiger partial charge in [-0.25, -0.2) is 9.18 Å². The molecule has 4 aromatic rings. The zero-order valence-electron chi connectivity index (χ0n) is 17.8. The predicted octanol–water partition coefficient (Wildman–Crippen LogP) is 5.28. The number of urea groups is 1. The number of fused-ring (bicyclic) bond motifs is 1. The van der Waals surface area contributed by atoms with E-state index in [0.717, 1.165) is 22.0 Å². The first-order chi connectivity index (χ1) is 15.6. The van der Waals surface area contributed by atoms with E-state index in [4.69, 9.17) is 9.47 Å². The van der Waals surface area contributed by atoms with Crippen molar-refractivity contribution in [2.24, 2.45) is 0 Å². The number of ether oxygens (including phenoxy) is 2. The Morgan fingerprint density at radius 3 is 2.50 bits per heavy atom. The Labute approximate surface area is 185 Å². The first-order valence-corrected chi connectivity index (χ1v) is 10.2. The van der Waals surface area contributed by atoms with E-state index in [1.165, 1.54) is 19.2 Å². The molecule has 0 spiro atoms. The van der Waals surface area contributed by atoms with E-state index in [1.807, 2.05) is 30.5 Å². The van der Waals surface area contributed by atoms with E-state index in [1.54, 1.807) is 37.4 Å². The van der Waals surface area contributed by atoms with Gasteiger partial charge in [0.2, 0.25) is 0 Å². The Kier molecular flexibility index (Phi) is 6.26.